The number of likely N-dealkylation sites (tertiary alicyclic amines) is 1. The molecule has 2 aliphatic rings. The smallest absolute Gasteiger partial charge is 0.273 e. The third-order valence-corrected chi connectivity index (χ3v) is 5.85. The lowest BCUT2D eigenvalue weighted by Crippen LogP contribution is -2.49. The van der Waals surface area contributed by atoms with E-state index in [1.54, 1.807) is 6.20 Å². The van der Waals surface area contributed by atoms with E-state index in [0.717, 1.165) is 29.8 Å². The maximum atomic E-state index is 12.9. The van der Waals surface area contributed by atoms with E-state index < -0.39 is 0 Å². The van der Waals surface area contributed by atoms with Crippen LogP contribution in [0, 0.1) is 5.92 Å². The molecule has 22 heavy (non-hydrogen) atoms. The molecule has 1 aliphatic carbocycles. The predicted octanol–water partition coefficient (Wildman–Crippen LogP) is 3.33. The van der Waals surface area contributed by atoms with E-state index in [9.17, 15) is 4.79 Å². The summed E-state index contributed by atoms with van der Waals surface area (Å²) in [6, 6.07) is 2.35. The van der Waals surface area contributed by atoms with Crippen LogP contribution < -0.4 is 0 Å². The lowest BCUT2D eigenvalue weighted by Gasteiger charge is -2.43. The van der Waals surface area contributed by atoms with Crippen LogP contribution in [0.3, 0.4) is 0 Å². The van der Waals surface area contributed by atoms with Crippen LogP contribution in [0.5, 0.6) is 0 Å². The van der Waals surface area contributed by atoms with Gasteiger partial charge in [-0.15, -0.1) is 0 Å². The Morgan fingerprint density at radius 1 is 1.27 bits per heavy atom. The zero-order valence-electron chi connectivity index (χ0n) is 12.5. The van der Waals surface area contributed by atoms with Crippen LogP contribution in [0.1, 0.15) is 49.0 Å². The van der Waals surface area contributed by atoms with E-state index in [-0.39, 0.29) is 5.91 Å². The summed E-state index contributed by atoms with van der Waals surface area (Å²) in [5.41, 5.74) is 1.58. The maximum absolute atomic E-state index is 12.9. The van der Waals surface area contributed by atoms with Gasteiger partial charge in [0.15, 0.2) is 0 Å². The van der Waals surface area contributed by atoms with E-state index in [2.05, 4.69) is 19.5 Å². The fraction of sp³-hybridized carbons (Fsp3) is 0.562. The standard InChI is InChI=1S/C16H20N4OS/c21-16(13-8-15(22-19-13)12-9-17-18-10-12)20-7-3-5-11-4-1-2-6-14(11)20/h8-11,14H,1-7H2,(H,17,18)/t11-,14-/m0/s1. The first-order chi connectivity index (χ1) is 10.8. The van der Waals surface area contributed by atoms with Crippen LogP contribution in [-0.4, -0.2) is 38.0 Å². The zero-order valence-corrected chi connectivity index (χ0v) is 13.3. The monoisotopic (exact) mass is 316 g/mol. The number of rotatable bonds is 2. The number of amides is 1. The summed E-state index contributed by atoms with van der Waals surface area (Å²) in [6.45, 7) is 0.887. The molecular formula is C16H20N4OS. The minimum Gasteiger partial charge on any atom is -0.334 e. The van der Waals surface area contributed by atoms with Crippen molar-refractivity contribution in [1.82, 2.24) is 19.5 Å². The van der Waals surface area contributed by atoms with Gasteiger partial charge >= 0.3 is 0 Å². The van der Waals surface area contributed by atoms with Gasteiger partial charge in [0.1, 0.15) is 5.69 Å². The van der Waals surface area contributed by atoms with Crippen molar-refractivity contribution < 1.29 is 4.79 Å². The van der Waals surface area contributed by atoms with Crippen molar-refractivity contribution in [2.45, 2.75) is 44.6 Å². The zero-order chi connectivity index (χ0) is 14.9. The molecule has 116 valence electrons. The van der Waals surface area contributed by atoms with Gasteiger partial charge in [-0.05, 0) is 49.2 Å². The third-order valence-electron chi connectivity index (χ3n) is 5.02. The Balaban J connectivity index is 1.56. The topological polar surface area (TPSA) is 61.9 Å². The summed E-state index contributed by atoms with van der Waals surface area (Å²) in [6.07, 6.45) is 11.0. The molecule has 5 nitrogen and oxygen atoms in total. The van der Waals surface area contributed by atoms with Gasteiger partial charge in [-0.3, -0.25) is 9.89 Å². The Kier molecular flexibility index (Phi) is 3.70. The number of carbonyl (C=O) groups is 1. The number of piperidine rings is 1. The van der Waals surface area contributed by atoms with Gasteiger partial charge in [-0.25, -0.2) is 0 Å². The van der Waals surface area contributed by atoms with Crippen molar-refractivity contribution >= 4 is 17.4 Å². The molecule has 2 aromatic heterocycles. The average Bonchev–Trinajstić information content (AvgIpc) is 3.24. The summed E-state index contributed by atoms with van der Waals surface area (Å²) in [5, 5.41) is 6.76. The van der Waals surface area contributed by atoms with E-state index in [0.29, 0.717) is 17.7 Å². The first kappa shape index (κ1) is 13.9. The number of carbonyl (C=O) groups excluding carboxylic acids is 1. The number of aromatic nitrogens is 3. The van der Waals surface area contributed by atoms with Gasteiger partial charge in [-0.2, -0.15) is 9.47 Å². The fourth-order valence-corrected chi connectivity index (χ4v) is 4.63. The second-order valence-corrected chi connectivity index (χ2v) is 7.12. The molecule has 1 aliphatic heterocycles. The summed E-state index contributed by atoms with van der Waals surface area (Å²) < 4.78 is 4.39. The Labute approximate surface area is 133 Å². The second kappa shape index (κ2) is 5.83. The highest BCUT2D eigenvalue weighted by Crippen LogP contribution is 2.36. The number of hydrogen-bond acceptors (Lipinski definition) is 4. The molecular weight excluding hydrogens is 296 g/mol. The number of nitrogens with zero attached hydrogens (tertiary/aromatic N) is 3. The minimum absolute atomic E-state index is 0.114. The van der Waals surface area contributed by atoms with Crippen LogP contribution in [0.4, 0.5) is 0 Å². The van der Waals surface area contributed by atoms with Crippen LogP contribution in [0.2, 0.25) is 0 Å². The minimum atomic E-state index is 0.114. The van der Waals surface area contributed by atoms with Gasteiger partial charge in [0.2, 0.25) is 0 Å². The molecule has 4 rings (SSSR count). The van der Waals surface area contributed by atoms with Crippen LogP contribution in [0.15, 0.2) is 18.5 Å². The van der Waals surface area contributed by atoms with Gasteiger partial charge in [-0.1, -0.05) is 12.8 Å². The highest BCUT2D eigenvalue weighted by Gasteiger charge is 2.36. The molecule has 2 atom stereocenters. The Morgan fingerprint density at radius 3 is 3.00 bits per heavy atom. The van der Waals surface area contributed by atoms with Crippen molar-refractivity contribution in [2.24, 2.45) is 5.92 Å². The summed E-state index contributed by atoms with van der Waals surface area (Å²) >= 11 is 1.37. The number of hydrogen-bond donors (Lipinski definition) is 1. The quantitative estimate of drug-likeness (QED) is 0.924. The molecule has 3 heterocycles. The van der Waals surface area contributed by atoms with E-state index in [1.165, 1.54) is 37.2 Å². The molecule has 0 spiro atoms. The molecule has 0 unspecified atom stereocenters. The molecule has 1 saturated carbocycles. The van der Waals surface area contributed by atoms with Crippen molar-refractivity contribution in [3.05, 3.63) is 24.2 Å². The molecule has 0 bridgehead atoms. The predicted molar refractivity (Wildman–Crippen MR) is 85.7 cm³/mol. The lowest BCUT2D eigenvalue weighted by atomic mass is 9.78. The Morgan fingerprint density at radius 2 is 2.14 bits per heavy atom. The molecule has 6 heteroatoms. The van der Waals surface area contributed by atoms with Gasteiger partial charge < -0.3 is 4.90 Å². The Bertz CT molecular complexity index is 649. The van der Waals surface area contributed by atoms with Crippen LogP contribution in [-0.2, 0) is 0 Å². The summed E-state index contributed by atoms with van der Waals surface area (Å²) in [5.74, 6) is 0.820. The van der Waals surface area contributed by atoms with Gasteiger partial charge in [0, 0.05) is 24.3 Å². The second-order valence-electron chi connectivity index (χ2n) is 6.32. The summed E-state index contributed by atoms with van der Waals surface area (Å²) in [7, 11) is 0. The molecule has 1 saturated heterocycles. The lowest BCUT2D eigenvalue weighted by molar-refractivity contribution is 0.0386. The molecule has 1 amide bonds. The normalized spacial score (nSPS) is 25.0. The average molecular weight is 316 g/mol. The van der Waals surface area contributed by atoms with E-state index in [1.807, 2.05) is 12.3 Å². The number of aromatic amines is 1. The number of nitrogens with one attached hydrogen (secondary N) is 1. The third kappa shape index (κ3) is 2.45. The van der Waals surface area contributed by atoms with E-state index in [4.69, 9.17) is 0 Å². The highest BCUT2D eigenvalue weighted by molar-refractivity contribution is 7.09. The van der Waals surface area contributed by atoms with Crippen molar-refractivity contribution in [3.63, 3.8) is 0 Å². The van der Waals surface area contributed by atoms with Crippen molar-refractivity contribution in [1.29, 1.82) is 0 Å². The maximum Gasteiger partial charge on any atom is 0.273 e. The fourth-order valence-electron chi connectivity index (χ4n) is 3.92. The number of H-pyrrole nitrogens is 1. The number of fused-ring (bicyclic) bond motifs is 1. The largest absolute Gasteiger partial charge is 0.334 e. The molecule has 0 radical (unpaired) electrons. The highest BCUT2D eigenvalue weighted by atomic mass is 32.1. The molecule has 2 aromatic rings. The van der Waals surface area contributed by atoms with Crippen LogP contribution >= 0.6 is 11.5 Å². The van der Waals surface area contributed by atoms with Crippen molar-refractivity contribution in [2.75, 3.05) is 6.54 Å². The first-order valence-electron chi connectivity index (χ1n) is 8.10. The van der Waals surface area contributed by atoms with Gasteiger partial charge in [0.25, 0.3) is 5.91 Å². The van der Waals surface area contributed by atoms with E-state index >= 15 is 0 Å². The first-order valence-corrected chi connectivity index (χ1v) is 8.87. The SMILES string of the molecule is O=C(c1cc(-c2cn[nH]c2)sn1)N1CCC[C@@H]2CCCC[C@@H]21. The Hall–Kier alpha value is -1.69. The van der Waals surface area contributed by atoms with Crippen LogP contribution in [0.25, 0.3) is 10.4 Å². The summed E-state index contributed by atoms with van der Waals surface area (Å²) in [4.78, 5) is 16.0. The molecule has 0 aromatic carbocycles. The molecule has 1 N–H and O–H groups in total. The van der Waals surface area contributed by atoms with Crippen molar-refractivity contribution in [3.8, 4) is 10.4 Å². The van der Waals surface area contributed by atoms with Gasteiger partial charge in [0.05, 0.1) is 11.1 Å². The molecule has 2 fully saturated rings.